The smallest absolute Gasteiger partial charge is 0.00791 e. The minimum absolute atomic E-state index is 0. The summed E-state index contributed by atoms with van der Waals surface area (Å²) in [5.41, 5.74) is 0. The Bertz CT molecular complexity index is 6.00. The van der Waals surface area contributed by atoms with Crippen LogP contribution in [0.3, 0.4) is 0 Å². The van der Waals surface area contributed by atoms with Crippen LogP contribution >= 0.6 is 48.5 Å². The maximum absolute atomic E-state index is 2.19. The molecule has 0 N–H and O–H groups in total. The largest absolute Gasteiger partial charge is 0.0158 e. The van der Waals surface area contributed by atoms with Gasteiger partial charge in [-0.3, -0.25) is 0 Å². The molecule has 4 heavy (non-hydrogen) atoms. The van der Waals surface area contributed by atoms with Crippen molar-refractivity contribution >= 4 is 72.9 Å². The van der Waals surface area contributed by atoms with Crippen molar-refractivity contribution in [1.29, 1.82) is 0 Å². The SMILES string of the molecule is ISI.[Sb]. The van der Waals surface area contributed by atoms with Crippen LogP contribution in [0.15, 0.2) is 0 Å². The quantitative estimate of drug-likeness (QED) is 0.437. The van der Waals surface area contributed by atoms with Crippen LogP contribution in [0.4, 0.5) is 0 Å². The van der Waals surface area contributed by atoms with Gasteiger partial charge in [0.05, 0.1) is 0 Å². The van der Waals surface area contributed by atoms with Gasteiger partial charge in [-0.2, -0.15) is 0 Å². The summed E-state index contributed by atoms with van der Waals surface area (Å²) in [5.74, 6) is 0. The van der Waals surface area contributed by atoms with Crippen LogP contribution in [0.5, 0.6) is 0 Å². The van der Waals surface area contributed by atoms with Gasteiger partial charge in [-0.25, -0.2) is 0 Å². The van der Waals surface area contributed by atoms with Gasteiger partial charge in [0.1, 0.15) is 0 Å². The fourth-order valence-electron chi connectivity index (χ4n) is 0. The molecule has 0 aromatic heterocycles. The van der Waals surface area contributed by atoms with Crippen molar-refractivity contribution in [3.8, 4) is 0 Å². The van der Waals surface area contributed by atoms with Gasteiger partial charge in [0, 0.05) is 66.8 Å². The fourth-order valence-corrected chi connectivity index (χ4v) is 0. The Morgan fingerprint density at radius 3 is 1.25 bits per heavy atom. The molecule has 0 saturated heterocycles. The molecular weight excluding hydrogens is 408 g/mol. The van der Waals surface area contributed by atoms with E-state index >= 15 is 0 Å². The van der Waals surface area contributed by atoms with Crippen LogP contribution in [0.1, 0.15) is 0 Å². The van der Waals surface area contributed by atoms with Crippen LogP contribution in [0, 0.1) is 0 Å². The Balaban J connectivity index is 0. The summed E-state index contributed by atoms with van der Waals surface area (Å²) >= 11 is 4.38. The first kappa shape index (κ1) is 9.80. The van der Waals surface area contributed by atoms with Gasteiger partial charge in [0.25, 0.3) is 0 Å². The summed E-state index contributed by atoms with van der Waals surface area (Å²) in [5, 5.41) is 0. The van der Waals surface area contributed by atoms with Crippen molar-refractivity contribution in [1.82, 2.24) is 0 Å². The van der Waals surface area contributed by atoms with E-state index < -0.39 is 0 Å². The summed E-state index contributed by atoms with van der Waals surface area (Å²) in [6.07, 6.45) is 1.69. The maximum Gasteiger partial charge on any atom is 0.00791 e. The zero-order valence-corrected chi connectivity index (χ0v) is 9.30. The van der Waals surface area contributed by atoms with Gasteiger partial charge in [0.2, 0.25) is 0 Å². The fraction of sp³-hybridized carbons (Fsp3) is 0. The van der Waals surface area contributed by atoms with Crippen molar-refractivity contribution in [2.24, 2.45) is 0 Å². The maximum atomic E-state index is 2.19. The molecule has 0 atom stereocenters. The van der Waals surface area contributed by atoms with E-state index in [-0.39, 0.29) is 24.4 Å². The second kappa shape index (κ2) is 9.16. The first-order valence-corrected chi connectivity index (χ1v) is 6.21. The molecule has 4 heteroatoms. The molecule has 0 aliphatic heterocycles. The predicted octanol–water partition coefficient (Wildman–Crippen LogP) is 2.04. The van der Waals surface area contributed by atoms with Crippen molar-refractivity contribution in [3.05, 3.63) is 0 Å². The minimum atomic E-state index is 0. The standard InChI is InChI=1S/I2S.Sb/c1-3-2;. The van der Waals surface area contributed by atoms with E-state index in [0.29, 0.717) is 0 Å². The van der Waals surface area contributed by atoms with Crippen LogP contribution in [0.2, 0.25) is 0 Å². The third kappa shape index (κ3) is 8.82. The summed E-state index contributed by atoms with van der Waals surface area (Å²) in [6, 6.07) is 0. The topological polar surface area (TPSA) is 0 Å². The molecule has 0 spiro atoms. The molecule has 0 aliphatic carbocycles. The predicted molar refractivity (Wildman–Crippen MR) is 41.4 cm³/mol. The van der Waals surface area contributed by atoms with Crippen LogP contribution < -0.4 is 0 Å². The number of hydrogen-bond donors (Lipinski definition) is 0. The Hall–Kier alpha value is 2.63. The molecule has 25 valence electrons. The molecule has 0 aromatic carbocycles. The van der Waals surface area contributed by atoms with E-state index in [0.717, 1.165) is 0 Å². The third-order valence-corrected chi connectivity index (χ3v) is 0. The number of halogens is 2. The zero-order valence-electron chi connectivity index (χ0n) is 1.61. The second-order valence-corrected chi connectivity index (χ2v) is 7.87. The van der Waals surface area contributed by atoms with Gasteiger partial charge >= 0.3 is 0 Å². The Morgan fingerprint density at radius 2 is 1.25 bits per heavy atom. The average Bonchev–Trinajstić information content (AvgIpc) is 0.918. The van der Waals surface area contributed by atoms with E-state index in [4.69, 9.17) is 0 Å². The van der Waals surface area contributed by atoms with Gasteiger partial charge in [-0.15, -0.1) is 0 Å². The van der Waals surface area contributed by atoms with Crippen molar-refractivity contribution in [2.45, 2.75) is 0 Å². The molecule has 0 nitrogen and oxygen atoms in total. The van der Waals surface area contributed by atoms with Crippen molar-refractivity contribution in [2.75, 3.05) is 0 Å². The molecule has 0 fully saturated rings. The van der Waals surface area contributed by atoms with Crippen molar-refractivity contribution in [3.63, 3.8) is 0 Å². The monoisotopic (exact) mass is 407 g/mol. The first-order chi connectivity index (χ1) is 1.41. The molecule has 0 bridgehead atoms. The van der Waals surface area contributed by atoms with Gasteiger partial charge in [0.15, 0.2) is 0 Å². The first-order valence-electron chi connectivity index (χ1n) is 0.309. The molecule has 0 amide bonds. The number of rotatable bonds is 0. The van der Waals surface area contributed by atoms with E-state index in [2.05, 4.69) is 42.4 Å². The Kier molecular flexibility index (Phi) is 22.4. The molecule has 0 heterocycles. The van der Waals surface area contributed by atoms with E-state index in [1.165, 1.54) is 0 Å². The van der Waals surface area contributed by atoms with E-state index in [9.17, 15) is 0 Å². The van der Waals surface area contributed by atoms with Crippen molar-refractivity contribution < 1.29 is 0 Å². The molecule has 0 aliphatic rings. The minimum Gasteiger partial charge on any atom is -0.0158 e. The molecule has 0 rings (SSSR count). The van der Waals surface area contributed by atoms with Gasteiger partial charge in [-0.05, 0) is 6.10 Å². The third-order valence-electron chi connectivity index (χ3n) is 0. The number of hydrogen-bond acceptors (Lipinski definition) is 1. The molecule has 0 unspecified atom stereocenters. The normalized spacial score (nSPS) is 4.50. The Labute approximate surface area is 71.5 Å². The summed E-state index contributed by atoms with van der Waals surface area (Å²) < 4.78 is 0. The van der Waals surface area contributed by atoms with Crippen LogP contribution in [-0.4, -0.2) is 24.4 Å². The molecule has 3 radical (unpaired) electrons. The average molecular weight is 408 g/mol. The molecular formula is I2SSb. The summed E-state index contributed by atoms with van der Waals surface area (Å²) in [7, 11) is 0. The van der Waals surface area contributed by atoms with Crippen LogP contribution in [0.25, 0.3) is 0 Å². The van der Waals surface area contributed by atoms with E-state index in [1.807, 2.05) is 0 Å². The van der Waals surface area contributed by atoms with Crippen LogP contribution in [-0.2, 0) is 0 Å². The molecule has 0 saturated carbocycles. The second-order valence-electron chi connectivity index (χ2n) is 0.0583. The van der Waals surface area contributed by atoms with E-state index in [1.54, 1.807) is 6.10 Å². The van der Waals surface area contributed by atoms with Gasteiger partial charge in [-0.1, -0.05) is 0 Å². The summed E-state index contributed by atoms with van der Waals surface area (Å²) in [6.45, 7) is 0. The van der Waals surface area contributed by atoms with Gasteiger partial charge < -0.3 is 0 Å². The Morgan fingerprint density at radius 1 is 1.25 bits per heavy atom. The molecule has 0 aromatic rings. The zero-order chi connectivity index (χ0) is 2.71. The summed E-state index contributed by atoms with van der Waals surface area (Å²) in [4.78, 5) is 0.